The molecule has 9 rings (SSSR count). The summed E-state index contributed by atoms with van der Waals surface area (Å²) in [6.45, 7) is 0. The number of nitrogens with zero attached hydrogens (tertiary/aromatic N) is 3. The predicted octanol–water partition coefficient (Wildman–Crippen LogP) is 10.8. The zero-order valence-electron chi connectivity index (χ0n) is 32.7. The molecule has 0 radical (unpaired) electrons. The fraction of sp³-hybridized carbons (Fsp3) is 0. The lowest BCUT2D eigenvalue weighted by Crippen LogP contribution is -2.00. The van der Waals surface area contributed by atoms with Gasteiger partial charge in [0.1, 0.15) is 11.2 Å². The SMILES string of the molecule is [2H]c1c([2H])c([2H])c(-c2nc(-c3ccc4oc5cc(-c6cccc7c6sc6ccccc67)ccc5c4c3)nc(-c3c([2H])c([2H])c([2H])c([2H])c3[2H])n2)c([2H])c1[2H]. The summed E-state index contributed by atoms with van der Waals surface area (Å²) in [5.41, 5.74) is 3.08. The van der Waals surface area contributed by atoms with Crippen molar-refractivity contribution in [3.8, 4) is 45.3 Å². The summed E-state index contributed by atoms with van der Waals surface area (Å²) in [6.07, 6.45) is 0. The largest absolute Gasteiger partial charge is 0.456 e. The topological polar surface area (TPSA) is 51.8 Å². The van der Waals surface area contributed by atoms with E-state index in [1.807, 2.05) is 30.3 Å². The summed E-state index contributed by atoms with van der Waals surface area (Å²) in [5.74, 6) is -0.662. The number of aromatic nitrogens is 3. The molecule has 0 saturated carbocycles. The summed E-state index contributed by atoms with van der Waals surface area (Å²) in [7, 11) is 0. The van der Waals surface area contributed by atoms with E-state index < -0.39 is 60.4 Å². The number of thiophene rings is 1. The van der Waals surface area contributed by atoms with E-state index in [4.69, 9.17) is 18.1 Å². The Hall–Kier alpha value is -5.65. The standard InChI is InChI=1S/C39H23N3OS/c1-3-10-24(11-4-1)37-40-38(25-12-5-2-6-13-25)42-39(41-37)27-19-21-33-32(22-27)29-20-18-26(23-34(29)43-33)28-15-9-16-31-30-14-7-8-17-35(30)44-36(28)31/h1-23H/i1D,2D,3D,4D,5D,6D,10D,11D,12D,13D. The smallest absolute Gasteiger partial charge is 0.164 e. The second-order valence-corrected chi connectivity index (χ2v) is 11.2. The molecule has 4 nitrogen and oxygen atoms in total. The maximum Gasteiger partial charge on any atom is 0.164 e. The highest BCUT2D eigenvalue weighted by molar-refractivity contribution is 7.26. The van der Waals surface area contributed by atoms with Gasteiger partial charge in [-0.3, -0.25) is 0 Å². The number of rotatable bonds is 4. The molecular weight excluding hydrogens is 559 g/mol. The molecule has 0 aliphatic heterocycles. The first kappa shape index (κ1) is 16.8. The van der Waals surface area contributed by atoms with Gasteiger partial charge in [0.25, 0.3) is 0 Å². The Labute approximate surface area is 271 Å². The van der Waals surface area contributed by atoms with Crippen LogP contribution in [0, 0.1) is 0 Å². The first-order valence-corrected chi connectivity index (χ1v) is 14.5. The first-order chi connectivity index (χ1) is 25.9. The van der Waals surface area contributed by atoms with Gasteiger partial charge in [0.15, 0.2) is 17.5 Å². The molecule has 0 atom stereocenters. The van der Waals surface area contributed by atoms with Gasteiger partial charge in [-0.25, -0.2) is 15.0 Å². The van der Waals surface area contributed by atoms with E-state index in [-0.39, 0.29) is 28.6 Å². The molecule has 0 aliphatic rings. The molecule has 0 bridgehead atoms. The van der Waals surface area contributed by atoms with Crippen LogP contribution in [0.25, 0.3) is 87.4 Å². The van der Waals surface area contributed by atoms with Crippen molar-refractivity contribution in [3.63, 3.8) is 0 Å². The lowest BCUT2D eigenvalue weighted by atomic mass is 10.0. The molecule has 0 unspecified atom stereocenters. The molecule has 0 spiro atoms. The molecule has 44 heavy (non-hydrogen) atoms. The van der Waals surface area contributed by atoms with Crippen LogP contribution in [-0.4, -0.2) is 15.0 Å². The molecule has 206 valence electrons. The maximum atomic E-state index is 8.59. The van der Waals surface area contributed by atoms with Crippen LogP contribution < -0.4 is 0 Å². The minimum Gasteiger partial charge on any atom is -0.456 e. The van der Waals surface area contributed by atoms with Gasteiger partial charge in [-0.2, -0.15) is 0 Å². The van der Waals surface area contributed by atoms with Crippen LogP contribution in [0.2, 0.25) is 0 Å². The Balaban J connectivity index is 1.24. The number of fused-ring (bicyclic) bond motifs is 6. The van der Waals surface area contributed by atoms with E-state index in [1.165, 1.54) is 20.2 Å². The van der Waals surface area contributed by atoms with E-state index >= 15 is 0 Å². The molecule has 0 saturated heterocycles. The van der Waals surface area contributed by atoms with Gasteiger partial charge in [0.05, 0.1) is 13.7 Å². The van der Waals surface area contributed by atoms with Crippen LogP contribution in [0.5, 0.6) is 0 Å². The van der Waals surface area contributed by atoms with Gasteiger partial charge < -0.3 is 4.42 Å². The zero-order chi connectivity index (χ0) is 37.7. The number of hydrogen-bond donors (Lipinski definition) is 0. The van der Waals surface area contributed by atoms with Crippen molar-refractivity contribution in [2.75, 3.05) is 0 Å². The molecule has 3 aromatic heterocycles. The minimum absolute atomic E-state index is 0.0158. The third-order valence-corrected chi connectivity index (χ3v) is 8.75. The molecule has 6 aromatic carbocycles. The fourth-order valence-corrected chi connectivity index (χ4v) is 6.75. The number of benzene rings is 6. The van der Waals surface area contributed by atoms with Crippen molar-refractivity contribution in [1.29, 1.82) is 0 Å². The zero-order valence-corrected chi connectivity index (χ0v) is 23.5. The number of hydrogen-bond acceptors (Lipinski definition) is 5. The Morgan fingerprint density at radius 1 is 0.500 bits per heavy atom. The van der Waals surface area contributed by atoms with E-state index in [9.17, 15) is 0 Å². The summed E-state index contributed by atoms with van der Waals surface area (Å²) in [5, 5.41) is 3.93. The Bertz CT molecular complexity index is 2940. The summed E-state index contributed by atoms with van der Waals surface area (Å²) < 4.78 is 92.1. The van der Waals surface area contributed by atoms with E-state index in [0.29, 0.717) is 16.7 Å². The van der Waals surface area contributed by atoms with E-state index in [2.05, 4.69) is 45.3 Å². The maximum absolute atomic E-state index is 8.59. The van der Waals surface area contributed by atoms with Crippen molar-refractivity contribution in [3.05, 3.63) is 139 Å². The summed E-state index contributed by atoms with van der Waals surface area (Å²) in [4.78, 5) is 13.5. The van der Waals surface area contributed by atoms with Crippen molar-refractivity contribution < 1.29 is 18.1 Å². The van der Waals surface area contributed by atoms with Crippen LogP contribution in [0.3, 0.4) is 0 Å². The third-order valence-electron chi connectivity index (χ3n) is 7.53. The molecule has 3 heterocycles. The highest BCUT2D eigenvalue weighted by Gasteiger charge is 2.16. The molecular formula is C39H23N3OS. The van der Waals surface area contributed by atoms with Gasteiger partial charge in [-0.1, -0.05) is 103 Å². The molecule has 0 aliphatic carbocycles. The average Bonchev–Trinajstić information content (AvgIpc) is 3.75. The van der Waals surface area contributed by atoms with Crippen molar-refractivity contribution in [2.24, 2.45) is 0 Å². The Morgan fingerprint density at radius 3 is 1.91 bits per heavy atom. The number of furan rings is 1. The van der Waals surface area contributed by atoms with Gasteiger partial charge in [0.2, 0.25) is 0 Å². The molecule has 0 N–H and O–H groups in total. The Morgan fingerprint density at radius 2 is 1.16 bits per heavy atom. The van der Waals surface area contributed by atoms with Gasteiger partial charge in [-0.15, -0.1) is 11.3 Å². The lowest BCUT2D eigenvalue weighted by molar-refractivity contribution is 0.669. The third kappa shape index (κ3) is 4.09. The van der Waals surface area contributed by atoms with E-state index in [1.54, 1.807) is 29.5 Å². The average molecular weight is 592 g/mol. The Kier molecular flexibility index (Phi) is 3.82. The normalized spacial score (nSPS) is 14.8. The van der Waals surface area contributed by atoms with Crippen molar-refractivity contribution in [2.45, 2.75) is 0 Å². The van der Waals surface area contributed by atoms with Crippen LogP contribution in [0.15, 0.2) is 144 Å². The molecule has 0 amide bonds. The highest BCUT2D eigenvalue weighted by atomic mass is 32.1. The van der Waals surface area contributed by atoms with E-state index in [0.717, 1.165) is 21.9 Å². The fourth-order valence-electron chi connectivity index (χ4n) is 5.51. The second kappa shape index (κ2) is 9.97. The predicted molar refractivity (Wildman–Crippen MR) is 182 cm³/mol. The highest BCUT2D eigenvalue weighted by Crippen LogP contribution is 2.41. The lowest BCUT2D eigenvalue weighted by Gasteiger charge is -2.08. The summed E-state index contributed by atoms with van der Waals surface area (Å²) >= 11 is 1.74. The van der Waals surface area contributed by atoms with Crippen LogP contribution in [0.1, 0.15) is 13.7 Å². The van der Waals surface area contributed by atoms with Gasteiger partial charge in [0, 0.05) is 47.6 Å². The quantitative estimate of drug-likeness (QED) is 0.204. The van der Waals surface area contributed by atoms with Gasteiger partial charge in [-0.05, 0) is 47.5 Å². The molecule has 5 heteroatoms. The second-order valence-electron chi connectivity index (χ2n) is 10.1. The van der Waals surface area contributed by atoms with Crippen LogP contribution >= 0.6 is 11.3 Å². The molecule has 0 fully saturated rings. The molecule has 9 aromatic rings. The monoisotopic (exact) mass is 591 g/mol. The van der Waals surface area contributed by atoms with Crippen LogP contribution in [0.4, 0.5) is 0 Å². The van der Waals surface area contributed by atoms with Crippen molar-refractivity contribution in [1.82, 2.24) is 15.0 Å². The van der Waals surface area contributed by atoms with Crippen LogP contribution in [-0.2, 0) is 0 Å². The summed E-state index contributed by atoms with van der Waals surface area (Å²) in [6, 6.07) is 20.0. The minimum atomic E-state index is -0.605. The van der Waals surface area contributed by atoms with Crippen molar-refractivity contribution >= 4 is 53.4 Å². The first-order valence-electron chi connectivity index (χ1n) is 18.7. The van der Waals surface area contributed by atoms with Gasteiger partial charge >= 0.3 is 0 Å².